The van der Waals surface area contributed by atoms with Crippen molar-refractivity contribution in [3.63, 3.8) is 0 Å². The number of aromatic nitrogens is 1. The van der Waals surface area contributed by atoms with Gasteiger partial charge in [0.25, 0.3) is 5.69 Å². The fourth-order valence-electron chi connectivity index (χ4n) is 1.47. The minimum absolute atomic E-state index is 0.00787. The first kappa shape index (κ1) is 13.8. The molecule has 0 aliphatic carbocycles. The fourth-order valence-corrected chi connectivity index (χ4v) is 2.38. The van der Waals surface area contributed by atoms with Crippen LogP contribution in [0.3, 0.4) is 0 Å². The van der Waals surface area contributed by atoms with E-state index in [2.05, 4.69) is 10.1 Å². The molecule has 0 atom stereocenters. The van der Waals surface area contributed by atoms with Gasteiger partial charge in [-0.2, -0.15) is 0 Å². The number of nitro benzene ring substituents is 1. The summed E-state index contributed by atoms with van der Waals surface area (Å²) in [5.41, 5.74) is 5.76. The van der Waals surface area contributed by atoms with E-state index in [0.717, 1.165) is 11.8 Å². The molecule has 0 fully saturated rings. The van der Waals surface area contributed by atoms with E-state index in [1.807, 2.05) is 0 Å². The van der Waals surface area contributed by atoms with Crippen molar-refractivity contribution in [2.75, 3.05) is 0 Å². The molecule has 0 radical (unpaired) electrons. The molecule has 0 unspecified atom stereocenters. The Kier molecular flexibility index (Phi) is 4.16. The molecule has 102 valence electrons. The number of amidine groups is 1. The molecule has 0 aliphatic heterocycles. The van der Waals surface area contributed by atoms with Crippen LogP contribution in [-0.2, 0) is 0 Å². The second kappa shape index (κ2) is 6.02. The standard InChI is InChI=1S/C12H10N4O3S/c13-12(15-17)8-4-3-7-11(14-8)20-10-6-2-1-5-9(10)16(18)19/h1-7,17H,(H2,13,15). The lowest BCUT2D eigenvalue weighted by molar-refractivity contribution is -0.387. The molecule has 8 heteroatoms. The first-order valence-electron chi connectivity index (χ1n) is 5.48. The average Bonchev–Trinajstić information content (AvgIpc) is 2.47. The Bertz CT molecular complexity index is 675. The quantitative estimate of drug-likeness (QED) is 0.293. The predicted octanol–water partition coefficient (Wildman–Crippen LogP) is 2.24. The summed E-state index contributed by atoms with van der Waals surface area (Å²) in [4.78, 5) is 15.1. The van der Waals surface area contributed by atoms with Gasteiger partial charge in [-0.15, -0.1) is 0 Å². The van der Waals surface area contributed by atoms with E-state index < -0.39 is 4.92 Å². The number of rotatable bonds is 4. The Morgan fingerprint density at radius 3 is 2.75 bits per heavy atom. The van der Waals surface area contributed by atoms with Crippen LogP contribution in [0, 0.1) is 10.1 Å². The third-order valence-corrected chi connectivity index (χ3v) is 3.37. The molecule has 1 aromatic heterocycles. The molecular weight excluding hydrogens is 280 g/mol. The van der Waals surface area contributed by atoms with E-state index in [1.165, 1.54) is 6.07 Å². The molecule has 0 saturated heterocycles. The monoisotopic (exact) mass is 290 g/mol. The number of nitrogens with two attached hydrogens (primary N) is 1. The summed E-state index contributed by atoms with van der Waals surface area (Å²) in [6.45, 7) is 0. The van der Waals surface area contributed by atoms with Gasteiger partial charge >= 0.3 is 0 Å². The fraction of sp³-hybridized carbons (Fsp3) is 0. The number of hydrogen-bond acceptors (Lipinski definition) is 6. The van der Waals surface area contributed by atoms with E-state index in [9.17, 15) is 10.1 Å². The first-order valence-corrected chi connectivity index (χ1v) is 6.29. The Morgan fingerprint density at radius 1 is 1.30 bits per heavy atom. The van der Waals surface area contributed by atoms with E-state index in [1.54, 1.807) is 36.4 Å². The predicted molar refractivity (Wildman–Crippen MR) is 74.0 cm³/mol. The van der Waals surface area contributed by atoms with Crippen LogP contribution in [-0.4, -0.2) is 21.0 Å². The second-order valence-electron chi connectivity index (χ2n) is 3.67. The molecule has 0 bridgehead atoms. The van der Waals surface area contributed by atoms with Gasteiger partial charge in [-0.25, -0.2) is 4.98 Å². The minimum atomic E-state index is -0.449. The third kappa shape index (κ3) is 3.04. The van der Waals surface area contributed by atoms with Crippen molar-refractivity contribution in [2.24, 2.45) is 10.9 Å². The van der Waals surface area contributed by atoms with Crippen molar-refractivity contribution in [2.45, 2.75) is 9.92 Å². The van der Waals surface area contributed by atoms with Crippen molar-refractivity contribution < 1.29 is 10.1 Å². The van der Waals surface area contributed by atoms with Crippen LogP contribution in [0.15, 0.2) is 57.5 Å². The lowest BCUT2D eigenvalue weighted by Gasteiger charge is -2.04. The molecule has 3 N–H and O–H groups in total. The van der Waals surface area contributed by atoms with E-state index in [-0.39, 0.29) is 11.5 Å². The molecule has 1 aromatic carbocycles. The van der Waals surface area contributed by atoms with Crippen molar-refractivity contribution >= 4 is 23.3 Å². The Hall–Kier alpha value is -2.61. The van der Waals surface area contributed by atoms with Gasteiger partial charge in [0, 0.05) is 6.07 Å². The summed E-state index contributed by atoms with van der Waals surface area (Å²) in [5.74, 6) is -0.116. The van der Waals surface area contributed by atoms with Crippen LogP contribution in [0.5, 0.6) is 0 Å². The Morgan fingerprint density at radius 2 is 2.05 bits per heavy atom. The molecule has 2 rings (SSSR count). The van der Waals surface area contributed by atoms with Gasteiger partial charge < -0.3 is 10.9 Å². The van der Waals surface area contributed by atoms with E-state index in [0.29, 0.717) is 15.6 Å². The summed E-state index contributed by atoms with van der Waals surface area (Å²) in [6, 6.07) is 11.3. The molecule has 1 heterocycles. The minimum Gasteiger partial charge on any atom is -0.409 e. The van der Waals surface area contributed by atoms with Crippen molar-refractivity contribution in [3.05, 3.63) is 58.3 Å². The zero-order valence-electron chi connectivity index (χ0n) is 10.1. The van der Waals surface area contributed by atoms with Crippen LogP contribution < -0.4 is 5.73 Å². The number of pyridine rings is 1. The molecule has 20 heavy (non-hydrogen) atoms. The number of para-hydroxylation sites is 1. The smallest absolute Gasteiger partial charge is 0.283 e. The van der Waals surface area contributed by atoms with E-state index >= 15 is 0 Å². The van der Waals surface area contributed by atoms with Gasteiger partial charge in [-0.3, -0.25) is 10.1 Å². The molecule has 0 spiro atoms. The summed E-state index contributed by atoms with van der Waals surface area (Å²) < 4.78 is 0. The number of benzene rings is 1. The maximum Gasteiger partial charge on any atom is 0.283 e. The number of oxime groups is 1. The number of nitrogens with zero attached hydrogens (tertiary/aromatic N) is 3. The summed E-state index contributed by atoms with van der Waals surface area (Å²) in [7, 11) is 0. The normalized spacial score (nSPS) is 11.3. The zero-order chi connectivity index (χ0) is 14.5. The van der Waals surface area contributed by atoms with Crippen molar-refractivity contribution in [1.29, 1.82) is 0 Å². The van der Waals surface area contributed by atoms with Crippen LogP contribution in [0.1, 0.15) is 5.69 Å². The maximum atomic E-state index is 10.9. The van der Waals surface area contributed by atoms with Gasteiger partial charge in [0.15, 0.2) is 5.84 Å². The van der Waals surface area contributed by atoms with Gasteiger partial charge in [0.05, 0.1) is 9.82 Å². The second-order valence-corrected chi connectivity index (χ2v) is 4.74. The number of hydrogen-bond donors (Lipinski definition) is 2. The SMILES string of the molecule is NC(=NO)c1cccc(Sc2ccccc2[N+](=O)[O-])n1. The Balaban J connectivity index is 2.34. The third-order valence-electron chi connectivity index (χ3n) is 2.37. The van der Waals surface area contributed by atoms with Crippen LogP contribution >= 0.6 is 11.8 Å². The zero-order valence-corrected chi connectivity index (χ0v) is 10.9. The largest absolute Gasteiger partial charge is 0.409 e. The first-order chi connectivity index (χ1) is 9.61. The highest BCUT2D eigenvalue weighted by Crippen LogP contribution is 2.33. The van der Waals surface area contributed by atoms with Gasteiger partial charge in [-0.05, 0) is 18.2 Å². The van der Waals surface area contributed by atoms with Crippen LogP contribution in [0.2, 0.25) is 0 Å². The van der Waals surface area contributed by atoms with E-state index in [4.69, 9.17) is 10.9 Å². The van der Waals surface area contributed by atoms with Gasteiger partial charge in [0.1, 0.15) is 10.7 Å². The summed E-state index contributed by atoms with van der Waals surface area (Å²) in [5, 5.41) is 22.9. The lowest BCUT2D eigenvalue weighted by Crippen LogP contribution is -2.14. The maximum absolute atomic E-state index is 10.9. The summed E-state index contributed by atoms with van der Waals surface area (Å²) >= 11 is 1.14. The molecule has 0 amide bonds. The van der Waals surface area contributed by atoms with Crippen molar-refractivity contribution in [1.82, 2.24) is 4.98 Å². The lowest BCUT2D eigenvalue weighted by atomic mass is 10.3. The number of nitro groups is 1. The highest BCUT2D eigenvalue weighted by Gasteiger charge is 2.14. The Labute approximate surface area is 118 Å². The molecule has 0 aliphatic rings. The highest BCUT2D eigenvalue weighted by atomic mass is 32.2. The highest BCUT2D eigenvalue weighted by molar-refractivity contribution is 7.99. The molecule has 0 saturated carbocycles. The average molecular weight is 290 g/mol. The van der Waals surface area contributed by atoms with Gasteiger partial charge in [0.2, 0.25) is 0 Å². The molecule has 7 nitrogen and oxygen atoms in total. The van der Waals surface area contributed by atoms with Crippen molar-refractivity contribution in [3.8, 4) is 0 Å². The van der Waals surface area contributed by atoms with Gasteiger partial charge in [-0.1, -0.05) is 35.1 Å². The topological polar surface area (TPSA) is 115 Å². The molecular formula is C12H10N4O3S. The van der Waals surface area contributed by atoms with Crippen LogP contribution in [0.25, 0.3) is 0 Å². The van der Waals surface area contributed by atoms with Crippen LogP contribution in [0.4, 0.5) is 5.69 Å². The molecule has 2 aromatic rings. The summed E-state index contributed by atoms with van der Waals surface area (Å²) in [6.07, 6.45) is 0.